The maximum atomic E-state index is 13.0. The summed E-state index contributed by atoms with van der Waals surface area (Å²) in [6, 6.07) is 21.6. The van der Waals surface area contributed by atoms with Crippen LogP contribution in [-0.2, 0) is 22.5 Å². The van der Waals surface area contributed by atoms with E-state index in [-0.39, 0.29) is 25.5 Å². The van der Waals surface area contributed by atoms with E-state index in [1.807, 2.05) is 24.3 Å². The van der Waals surface area contributed by atoms with E-state index < -0.39 is 17.6 Å². The number of aliphatic imine (C=N–C) groups is 1. The zero-order valence-electron chi connectivity index (χ0n) is 19.8. The van der Waals surface area contributed by atoms with Gasteiger partial charge in [0.1, 0.15) is 5.75 Å². The Morgan fingerprint density at radius 1 is 1.11 bits per heavy atom. The van der Waals surface area contributed by atoms with Gasteiger partial charge in [-0.3, -0.25) is 0 Å². The average Bonchev–Trinajstić information content (AvgIpc) is 3.30. The third-order valence-corrected chi connectivity index (χ3v) is 6.84. The van der Waals surface area contributed by atoms with E-state index >= 15 is 0 Å². The van der Waals surface area contributed by atoms with Crippen LogP contribution in [0.2, 0.25) is 0 Å². The summed E-state index contributed by atoms with van der Waals surface area (Å²) in [5, 5.41) is 23.3. The zero-order valence-corrected chi connectivity index (χ0v) is 21.4. The van der Waals surface area contributed by atoms with E-state index in [4.69, 9.17) is 25.1 Å². The van der Waals surface area contributed by atoms with Crippen LogP contribution in [0.5, 0.6) is 5.75 Å². The summed E-state index contributed by atoms with van der Waals surface area (Å²) in [5.74, 6) is -0.324. The highest BCUT2D eigenvalue weighted by atomic mass is 79.9. The van der Waals surface area contributed by atoms with Gasteiger partial charge in [0, 0.05) is 34.4 Å². The van der Waals surface area contributed by atoms with Gasteiger partial charge in [0.05, 0.1) is 13.2 Å². The molecule has 0 aliphatic carbocycles. The molecule has 0 unspecified atom stereocenters. The minimum atomic E-state index is -1.68. The molecule has 0 radical (unpaired) electrons. The van der Waals surface area contributed by atoms with Gasteiger partial charge < -0.3 is 19.7 Å². The Balaban J connectivity index is 1.78. The van der Waals surface area contributed by atoms with Gasteiger partial charge in [-0.1, -0.05) is 63.5 Å². The fourth-order valence-corrected chi connectivity index (χ4v) is 4.64. The lowest BCUT2D eigenvalue weighted by Crippen LogP contribution is -2.43. The quantitative estimate of drug-likeness (QED) is 0.135. The first-order valence-corrected chi connectivity index (χ1v) is 12.4. The minimum Gasteiger partial charge on any atom is -0.494 e. The Morgan fingerprint density at radius 3 is 2.49 bits per heavy atom. The molecule has 0 saturated heterocycles. The molecule has 10 heteroatoms. The summed E-state index contributed by atoms with van der Waals surface area (Å²) in [4.78, 5) is 20.6. The first-order chi connectivity index (χ1) is 18.0. The molecule has 4 rings (SSSR count). The normalized spacial score (nSPS) is 18.4. The molecule has 190 valence electrons. The standard InChI is InChI=1S/C27H25BrN4O5/c28-23-9-4-2-6-19(23)16-27(26(34)35)24(22-8-3-1-7-20(22)17-30-32-29)37-25(31-27)18-10-12-21(13-11-18)36-15-5-14-33/h1-4,6-13,24,33H,5,14-17H2,(H,34,35)/t24-,27-/m1/s1. The third kappa shape index (κ3) is 5.77. The largest absolute Gasteiger partial charge is 0.494 e. The molecule has 1 heterocycles. The van der Waals surface area contributed by atoms with Gasteiger partial charge in [0.25, 0.3) is 0 Å². The molecular formula is C27H25BrN4O5. The second-order valence-electron chi connectivity index (χ2n) is 8.45. The van der Waals surface area contributed by atoms with E-state index in [1.54, 1.807) is 48.5 Å². The SMILES string of the molecule is [N-]=[N+]=NCc1ccccc1[C@H]1OC(c2ccc(OCCCO)cc2)=N[C@@]1(Cc1ccccc1Br)C(=O)O. The second kappa shape index (κ2) is 11.9. The number of carbonyl (C=O) groups is 1. The molecule has 3 aromatic rings. The number of azide groups is 1. The third-order valence-electron chi connectivity index (χ3n) is 6.07. The molecule has 0 bridgehead atoms. The lowest BCUT2D eigenvalue weighted by atomic mass is 9.81. The number of aliphatic hydroxyl groups excluding tert-OH is 1. The molecule has 9 nitrogen and oxygen atoms in total. The molecule has 2 N–H and O–H groups in total. The molecule has 1 aliphatic rings. The molecule has 0 spiro atoms. The van der Waals surface area contributed by atoms with Gasteiger partial charge in [-0.25, -0.2) is 9.79 Å². The number of aliphatic hydroxyl groups is 1. The smallest absolute Gasteiger partial charge is 0.336 e. The van der Waals surface area contributed by atoms with Crippen molar-refractivity contribution < 1.29 is 24.5 Å². The number of carboxylic acid groups (broad SMARTS) is 1. The molecule has 0 saturated carbocycles. The van der Waals surface area contributed by atoms with Crippen LogP contribution in [0.4, 0.5) is 0 Å². The highest BCUT2D eigenvalue weighted by molar-refractivity contribution is 9.10. The molecule has 1 aliphatic heterocycles. The zero-order chi connectivity index (χ0) is 26.3. The van der Waals surface area contributed by atoms with Gasteiger partial charge in [-0.15, -0.1) is 0 Å². The summed E-state index contributed by atoms with van der Waals surface area (Å²) in [6.07, 6.45) is -0.390. The maximum absolute atomic E-state index is 13.0. The molecule has 3 aromatic carbocycles. The highest BCUT2D eigenvalue weighted by Crippen LogP contribution is 2.44. The monoisotopic (exact) mass is 564 g/mol. The van der Waals surface area contributed by atoms with Crippen molar-refractivity contribution in [3.05, 3.63) is 110 Å². The van der Waals surface area contributed by atoms with Crippen LogP contribution < -0.4 is 4.74 Å². The van der Waals surface area contributed by atoms with Crippen molar-refractivity contribution in [1.82, 2.24) is 0 Å². The molecule has 0 amide bonds. The summed E-state index contributed by atoms with van der Waals surface area (Å²) >= 11 is 3.53. The van der Waals surface area contributed by atoms with Crippen LogP contribution in [0.15, 0.2) is 87.4 Å². The van der Waals surface area contributed by atoms with Crippen molar-refractivity contribution in [2.45, 2.75) is 31.0 Å². The Morgan fingerprint density at radius 2 is 1.81 bits per heavy atom. The van der Waals surface area contributed by atoms with Gasteiger partial charge in [-0.2, -0.15) is 0 Å². The van der Waals surface area contributed by atoms with Crippen LogP contribution in [0, 0.1) is 0 Å². The van der Waals surface area contributed by atoms with Crippen molar-refractivity contribution in [2.24, 2.45) is 10.1 Å². The van der Waals surface area contributed by atoms with Crippen LogP contribution in [0.1, 0.15) is 34.8 Å². The van der Waals surface area contributed by atoms with Gasteiger partial charge >= 0.3 is 5.97 Å². The lowest BCUT2D eigenvalue weighted by Gasteiger charge is -2.29. The number of hydrogen-bond donors (Lipinski definition) is 2. The topological polar surface area (TPSA) is 137 Å². The number of ether oxygens (including phenoxy) is 2. The number of aliphatic carboxylic acids is 1. The molecule has 2 atom stereocenters. The average molecular weight is 565 g/mol. The molecule has 0 aromatic heterocycles. The maximum Gasteiger partial charge on any atom is 0.336 e. The van der Waals surface area contributed by atoms with Crippen molar-refractivity contribution in [2.75, 3.05) is 13.2 Å². The van der Waals surface area contributed by atoms with E-state index in [2.05, 4.69) is 26.0 Å². The van der Waals surface area contributed by atoms with Crippen molar-refractivity contribution in [1.29, 1.82) is 0 Å². The van der Waals surface area contributed by atoms with Crippen molar-refractivity contribution in [3.8, 4) is 5.75 Å². The van der Waals surface area contributed by atoms with E-state index in [0.717, 1.165) is 10.0 Å². The predicted molar refractivity (Wildman–Crippen MR) is 142 cm³/mol. The Labute approximate surface area is 222 Å². The summed E-state index contributed by atoms with van der Waals surface area (Å²) in [6.45, 7) is 0.470. The molecular weight excluding hydrogens is 540 g/mol. The van der Waals surface area contributed by atoms with Crippen LogP contribution in [0.25, 0.3) is 10.4 Å². The Bertz CT molecular complexity index is 1340. The first-order valence-electron chi connectivity index (χ1n) is 11.6. The van der Waals surface area contributed by atoms with Crippen LogP contribution >= 0.6 is 15.9 Å². The number of carboxylic acids is 1. The molecule has 37 heavy (non-hydrogen) atoms. The van der Waals surface area contributed by atoms with E-state index in [1.165, 1.54) is 0 Å². The van der Waals surface area contributed by atoms with Crippen LogP contribution in [0.3, 0.4) is 0 Å². The number of rotatable bonds is 11. The fourth-order valence-electron chi connectivity index (χ4n) is 4.22. The van der Waals surface area contributed by atoms with E-state index in [0.29, 0.717) is 35.5 Å². The molecule has 0 fully saturated rings. The van der Waals surface area contributed by atoms with Crippen LogP contribution in [-0.4, -0.2) is 40.8 Å². The Hall–Kier alpha value is -3.85. The second-order valence-corrected chi connectivity index (χ2v) is 9.30. The summed E-state index contributed by atoms with van der Waals surface area (Å²) in [7, 11) is 0. The number of nitrogens with zero attached hydrogens (tertiary/aromatic N) is 4. The van der Waals surface area contributed by atoms with E-state index in [9.17, 15) is 9.90 Å². The highest BCUT2D eigenvalue weighted by Gasteiger charge is 2.54. The van der Waals surface area contributed by atoms with Gasteiger partial charge in [-0.05, 0) is 52.6 Å². The number of benzene rings is 3. The summed E-state index contributed by atoms with van der Waals surface area (Å²) < 4.78 is 12.7. The fraction of sp³-hybridized carbons (Fsp3) is 0.259. The van der Waals surface area contributed by atoms with Crippen molar-refractivity contribution in [3.63, 3.8) is 0 Å². The Kier molecular flexibility index (Phi) is 8.45. The summed E-state index contributed by atoms with van der Waals surface area (Å²) in [5.41, 5.74) is 9.80. The van der Waals surface area contributed by atoms with Gasteiger partial charge in [0.15, 0.2) is 6.10 Å². The van der Waals surface area contributed by atoms with Crippen molar-refractivity contribution >= 4 is 27.8 Å². The number of halogens is 1. The minimum absolute atomic E-state index is 0.0417. The number of hydrogen-bond acceptors (Lipinski definition) is 6. The predicted octanol–water partition coefficient (Wildman–Crippen LogP) is 5.60. The first kappa shape index (κ1) is 26.2. The van der Waals surface area contributed by atoms with Gasteiger partial charge in [0.2, 0.25) is 11.4 Å². The lowest BCUT2D eigenvalue weighted by molar-refractivity contribution is -0.146.